The molecule has 1 fully saturated rings. The molecule has 1 unspecified atom stereocenters. The number of nitriles is 1. The minimum absolute atomic E-state index is 0.220. The molecule has 0 aromatic heterocycles. The molecule has 2 aromatic rings. The van der Waals surface area contributed by atoms with Crippen molar-refractivity contribution in [3.8, 4) is 6.07 Å². The van der Waals surface area contributed by atoms with Gasteiger partial charge in [-0.25, -0.2) is 12.8 Å². The van der Waals surface area contributed by atoms with Crippen molar-refractivity contribution in [2.75, 3.05) is 18.1 Å². The zero-order chi connectivity index (χ0) is 15.7. The summed E-state index contributed by atoms with van der Waals surface area (Å²) >= 11 is 1.53. The van der Waals surface area contributed by atoms with Crippen LogP contribution in [0.4, 0.5) is 4.39 Å². The van der Waals surface area contributed by atoms with Crippen LogP contribution in [0.1, 0.15) is 0 Å². The normalized spacial score (nSPS) is 19.9. The molecule has 7 heteroatoms. The van der Waals surface area contributed by atoms with Gasteiger partial charge in [0.05, 0.1) is 6.07 Å². The minimum Gasteiger partial charge on any atom is -0.207 e. The van der Waals surface area contributed by atoms with Crippen molar-refractivity contribution in [3.05, 3.63) is 42.2 Å². The Morgan fingerprint density at radius 3 is 2.82 bits per heavy atom. The number of benzene rings is 2. The first-order chi connectivity index (χ1) is 10.6. The fourth-order valence-corrected chi connectivity index (χ4v) is 5.31. The summed E-state index contributed by atoms with van der Waals surface area (Å²) in [5.74, 6) is 0.255. The lowest BCUT2D eigenvalue weighted by Gasteiger charge is -2.30. The van der Waals surface area contributed by atoms with Crippen LogP contribution in [-0.2, 0) is 10.0 Å². The smallest absolute Gasteiger partial charge is 0.207 e. The largest absolute Gasteiger partial charge is 0.247 e. The Balaban J connectivity index is 2.13. The number of sulfonamides is 1. The summed E-state index contributed by atoms with van der Waals surface area (Å²) in [5.41, 5.74) is 0. The number of thioether (sulfide) groups is 1. The molecule has 1 aliphatic rings. The van der Waals surface area contributed by atoms with Crippen molar-refractivity contribution in [1.82, 2.24) is 4.31 Å². The summed E-state index contributed by atoms with van der Waals surface area (Å²) in [5, 5.41) is 10.1. The van der Waals surface area contributed by atoms with Gasteiger partial charge in [-0.1, -0.05) is 30.3 Å². The topological polar surface area (TPSA) is 61.2 Å². The molecule has 0 bridgehead atoms. The highest BCUT2D eigenvalue weighted by Crippen LogP contribution is 2.29. The predicted octanol–water partition coefficient (Wildman–Crippen LogP) is 2.61. The summed E-state index contributed by atoms with van der Waals surface area (Å²) in [6, 6.07) is 10.8. The van der Waals surface area contributed by atoms with Crippen molar-refractivity contribution in [3.63, 3.8) is 0 Å². The first-order valence-corrected chi connectivity index (χ1v) is 9.31. The number of hydrogen-bond acceptors (Lipinski definition) is 4. The quantitative estimate of drug-likeness (QED) is 0.846. The Hall–Kier alpha value is -1.62. The third-order valence-corrected chi connectivity index (χ3v) is 6.59. The predicted molar refractivity (Wildman–Crippen MR) is 84.5 cm³/mol. The molecule has 114 valence electrons. The van der Waals surface area contributed by atoms with E-state index in [0.29, 0.717) is 16.9 Å². The zero-order valence-corrected chi connectivity index (χ0v) is 13.2. The summed E-state index contributed by atoms with van der Waals surface area (Å²) in [6.45, 7) is 0.220. The van der Waals surface area contributed by atoms with E-state index in [9.17, 15) is 12.8 Å². The Bertz CT molecular complexity index is 861. The second-order valence-corrected chi connectivity index (χ2v) is 7.94. The number of halogens is 1. The fourth-order valence-electron chi connectivity index (χ4n) is 2.52. The second kappa shape index (κ2) is 5.88. The van der Waals surface area contributed by atoms with E-state index in [-0.39, 0.29) is 16.8 Å². The molecule has 1 atom stereocenters. The minimum atomic E-state index is -4.02. The van der Waals surface area contributed by atoms with Crippen molar-refractivity contribution >= 4 is 32.6 Å². The molecule has 2 aromatic carbocycles. The highest BCUT2D eigenvalue weighted by molar-refractivity contribution is 7.99. The number of rotatable bonds is 2. The van der Waals surface area contributed by atoms with Crippen LogP contribution in [0.3, 0.4) is 0 Å². The zero-order valence-electron chi connectivity index (χ0n) is 11.6. The van der Waals surface area contributed by atoms with E-state index in [0.717, 1.165) is 4.31 Å². The third-order valence-electron chi connectivity index (χ3n) is 3.64. The molecule has 1 saturated heterocycles. The first-order valence-electron chi connectivity index (χ1n) is 6.72. The van der Waals surface area contributed by atoms with E-state index in [4.69, 9.17) is 5.26 Å². The maximum absolute atomic E-state index is 14.7. The molecule has 0 saturated carbocycles. The van der Waals surface area contributed by atoms with Crippen LogP contribution < -0.4 is 0 Å². The van der Waals surface area contributed by atoms with Gasteiger partial charge in [-0.15, -0.1) is 0 Å². The third kappa shape index (κ3) is 2.47. The molecule has 0 radical (unpaired) electrons. The van der Waals surface area contributed by atoms with Gasteiger partial charge in [-0.2, -0.15) is 21.3 Å². The molecule has 1 aliphatic heterocycles. The Morgan fingerprint density at radius 2 is 2.05 bits per heavy atom. The van der Waals surface area contributed by atoms with Gasteiger partial charge >= 0.3 is 0 Å². The fraction of sp³-hybridized carbons (Fsp3) is 0.267. The molecular formula is C15H13FN2O2S2. The summed E-state index contributed by atoms with van der Waals surface area (Å²) in [7, 11) is -4.02. The van der Waals surface area contributed by atoms with Gasteiger partial charge in [-0.3, -0.25) is 0 Å². The Morgan fingerprint density at radius 1 is 1.27 bits per heavy atom. The molecule has 4 nitrogen and oxygen atoms in total. The summed E-state index contributed by atoms with van der Waals surface area (Å²) in [6.07, 6.45) is 0. The van der Waals surface area contributed by atoms with E-state index in [2.05, 4.69) is 0 Å². The lowest BCUT2D eigenvalue weighted by Crippen LogP contribution is -2.45. The van der Waals surface area contributed by atoms with Crippen LogP contribution in [0.15, 0.2) is 41.3 Å². The Labute approximate surface area is 132 Å². The van der Waals surface area contributed by atoms with Crippen molar-refractivity contribution in [2.24, 2.45) is 0 Å². The molecule has 1 heterocycles. The standard InChI is InChI=1S/C15H13FN2O2S2/c16-15-13-4-2-1-3-11(13)5-6-14(15)22(19,20)18-7-8-21-10-12(18)9-17/h1-6,12H,7-8,10H2. The van der Waals surface area contributed by atoms with Gasteiger partial charge in [0, 0.05) is 23.4 Å². The van der Waals surface area contributed by atoms with Crippen molar-refractivity contribution in [2.45, 2.75) is 10.9 Å². The monoisotopic (exact) mass is 336 g/mol. The van der Waals surface area contributed by atoms with Crippen molar-refractivity contribution in [1.29, 1.82) is 5.26 Å². The van der Waals surface area contributed by atoms with E-state index in [1.165, 1.54) is 17.8 Å². The molecule has 22 heavy (non-hydrogen) atoms. The average molecular weight is 336 g/mol. The van der Waals surface area contributed by atoms with Crippen LogP contribution in [0, 0.1) is 17.1 Å². The highest BCUT2D eigenvalue weighted by Gasteiger charge is 2.35. The molecule has 0 amide bonds. The lowest BCUT2D eigenvalue weighted by atomic mass is 10.1. The second-order valence-electron chi connectivity index (χ2n) is 4.93. The maximum Gasteiger partial charge on any atom is 0.247 e. The van der Waals surface area contributed by atoms with Gasteiger partial charge in [0.2, 0.25) is 10.0 Å². The molecule has 3 rings (SSSR count). The number of fused-ring (bicyclic) bond motifs is 1. The van der Waals surface area contributed by atoms with E-state index in [1.54, 1.807) is 30.3 Å². The van der Waals surface area contributed by atoms with Gasteiger partial charge < -0.3 is 0 Å². The maximum atomic E-state index is 14.7. The van der Waals surface area contributed by atoms with Crippen LogP contribution in [0.25, 0.3) is 10.8 Å². The van der Waals surface area contributed by atoms with Gasteiger partial charge in [0.1, 0.15) is 10.9 Å². The van der Waals surface area contributed by atoms with Gasteiger partial charge in [0.15, 0.2) is 5.82 Å². The van der Waals surface area contributed by atoms with Crippen LogP contribution >= 0.6 is 11.8 Å². The van der Waals surface area contributed by atoms with E-state index >= 15 is 0 Å². The molecule has 0 N–H and O–H groups in total. The summed E-state index contributed by atoms with van der Waals surface area (Å²) < 4.78 is 41.3. The van der Waals surface area contributed by atoms with Crippen LogP contribution in [0.2, 0.25) is 0 Å². The average Bonchev–Trinajstić information content (AvgIpc) is 2.55. The molecule has 0 spiro atoms. The van der Waals surface area contributed by atoms with Gasteiger partial charge in [-0.05, 0) is 11.5 Å². The Kier molecular flexibility index (Phi) is 4.08. The first kappa shape index (κ1) is 15.3. The van der Waals surface area contributed by atoms with E-state index in [1.807, 2.05) is 6.07 Å². The van der Waals surface area contributed by atoms with Gasteiger partial charge in [0.25, 0.3) is 0 Å². The van der Waals surface area contributed by atoms with Crippen LogP contribution in [0.5, 0.6) is 0 Å². The van der Waals surface area contributed by atoms with Crippen LogP contribution in [-0.4, -0.2) is 36.8 Å². The van der Waals surface area contributed by atoms with E-state index < -0.39 is 21.9 Å². The molecular weight excluding hydrogens is 323 g/mol. The number of hydrogen-bond donors (Lipinski definition) is 0. The lowest BCUT2D eigenvalue weighted by molar-refractivity contribution is 0.394. The SMILES string of the molecule is N#CC1CSCCN1S(=O)(=O)c1ccc2ccccc2c1F. The number of nitrogens with zero attached hydrogens (tertiary/aromatic N) is 2. The highest BCUT2D eigenvalue weighted by atomic mass is 32.2. The van der Waals surface area contributed by atoms with Crippen molar-refractivity contribution < 1.29 is 12.8 Å². The molecule has 0 aliphatic carbocycles. The summed E-state index contributed by atoms with van der Waals surface area (Å²) in [4.78, 5) is -0.363.